The van der Waals surface area contributed by atoms with Crippen molar-refractivity contribution >= 4 is 28.2 Å². The molecule has 0 aliphatic carbocycles. The van der Waals surface area contributed by atoms with Gasteiger partial charge in [0.15, 0.2) is 0 Å². The maximum atomic E-state index is 12.1. The number of benzene rings is 2. The standard InChI is InChI=1S/C22H24N2O3/c1-5-26-22(25)16-6-11-20-19(13-16)21(12-15(4)23-20)24-17-7-9-18(10-8-17)27-14(2)3/h6-14H,5H2,1-4H3,(H,23,24). The molecule has 0 saturated heterocycles. The molecule has 2 aromatic carbocycles. The molecule has 3 aromatic rings. The lowest BCUT2D eigenvalue weighted by Gasteiger charge is -2.13. The number of anilines is 2. The molecule has 0 amide bonds. The fourth-order valence-electron chi connectivity index (χ4n) is 2.85. The van der Waals surface area contributed by atoms with Crippen molar-refractivity contribution in [1.29, 1.82) is 0 Å². The van der Waals surface area contributed by atoms with Gasteiger partial charge >= 0.3 is 5.97 Å². The molecule has 3 rings (SSSR count). The average Bonchev–Trinajstić information content (AvgIpc) is 2.62. The summed E-state index contributed by atoms with van der Waals surface area (Å²) in [5.41, 5.74) is 4.05. The van der Waals surface area contributed by atoms with Crippen LogP contribution >= 0.6 is 0 Å². The lowest BCUT2D eigenvalue weighted by molar-refractivity contribution is 0.0526. The van der Waals surface area contributed by atoms with Crippen LogP contribution in [0.3, 0.4) is 0 Å². The van der Waals surface area contributed by atoms with Crippen molar-refractivity contribution in [3.63, 3.8) is 0 Å². The molecule has 140 valence electrons. The number of hydrogen-bond acceptors (Lipinski definition) is 5. The summed E-state index contributed by atoms with van der Waals surface area (Å²) in [6, 6.07) is 15.2. The van der Waals surface area contributed by atoms with E-state index in [0.29, 0.717) is 12.2 Å². The van der Waals surface area contributed by atoms with Crippen LogP contribution in [0.2, 0.25) is 0 Å². The summed E-state index contributed by atoms with van der Waals surface area (Å²) in [7, 11) is 0. The smallest absolute Gasteiger partial charge is 0.338 e. The fourth-order valence-corrected chi connectivity index (χ4v) is 2.85. The van der Waals surface area contributed by atoms with Gasteiger partial charge in [-0.3, -0.25) is 4.98 Å². The van der Waals surface area contributed by atoms with E-state index in [9.17, 15) is 4.79 Å². The van der Waals surface area contributed by atoms with Crippen LogP contribution in [0.1, 0.15) is 36.8 Å². The number of ether oxygens (including phenoxy) is 2. The summed E-state index contributed by atoms with van der Waals surface area (Å²) >= 11 is 0. The van der Waals surface area contributed by atoms with Crippen molar-refractivity contribution in [2.45, 2.75) is 33.8 Å². The molecule has 0 spiro atoms. The average molecular weight is 364 g/mol. The lowest BCUT2D eigenvalue weighted by Crippen LogP contribution is -2.05. The molecule has 0 unspecified atom stereocenters. The molecule has 1 N–H and O–H groups in total. The Labute approximate surface area is 159 Å². The van der Waals surface area contributed by atoms with Gasteiger partial charge < -0.3 is 14.8 Å². The molecular weight excluding hydrogens is 340 g/mol. The number of nitrogens with zero attached hydrogens (tertiary/aromatic N) is 1. The molecule has 27 heavy (non-hydrogen) atoms. The molecular formula is C22H24N2O3. The second-order valence-electron chi connectivity index (χ2n) is 6.58. The minimum Gasteiger partial charge on any atom is -0.491 e. The number of aryl methyl sites for hydroxylation is 1. The summed E-state index contributed by atoms with van der Waals surface area (Å²) in [5.74, 6) is 0.497. The highest BCUT2D eigenvalue weighted by Crippen LogP contribution is 2.28. The number of esters is 1. The third kappa shape index (κ3) is 4.56. The number of rotatable bonds is 6. The predicted molar refractivity (Wildman–Crippen MR) is 108 cm³/mol. The molecule has 0 bridgehead atoms. The van der Waals surface area contributed by atoms with Crippen molar-refractivity contribution in [3.05, 3.63) is 59.8 Å². The van der Waals surface area contributed by atoms with E-state index in [1.807, 2.05) is 63.2 Å². The van der Waals surface area contributed by atoms with Gasteiger partial charge in [0.25, 0.3) is 0 Å². The first kappa shape index (κ1) is 18.7. The molecule has 1 heterocycles. The van der Waals surface area contributed by atoms with E-state index >= 15 is 0 Å². The van der Waals surface area contributed by atoms with E-state index in [2.05, 4.69) is 10.3 Å². The van der Waals surface area contributed by atoms with Crippen molar-refractivity contribution < 1.29 is 14.3 Å². The van der Waals surface area contributed by atoms with Gasteiger partial charge in [-0.15, -0.1) is 0 Å². The Kier molecular flexibility index (Phi) is 5.60. The Morgan fingerprint density at radius 2 is 1.85 bits per heavy atom. The van der Waals surface area contributed by atoms with Crippen LogP contribution in [0.25, 0.3) is 10.9 Å². The quantitative estimate of drug-likeness (QED) is 0.605. The first-order chi connectivity index (χ1) is 13.0. The zero-order valence-corrected chi connectivity index (χ0v) is 16.1. The fraction of sp³-hybridized carbons (Fsp3) is 0.273. The van der Waals surface area contributed by atoms with E-state index < -0.39 is 0 Å². The second-order valence-corrected chi connectivity index (χ2v) is 6.58. The van der Waals surface area contributed by atoms with E-state index in [1.54, 1.807) is 13.0 Å². The highest BCUT2D eigenvalue weighted by Gasteiger charge is 2.11. The van der Waals surface area contributed by atoms with Gasteiger partial charge in [-0.1, -0.05) is 0 Å². The van der Waals surface area contributed by atoms with Crippen LogP contribution in [0.5, 0.6) is 5.75 Å². The Morgan fingerprint density at radius 3 is 2.52 bits per heavy atom. The molecule has 0 aliphatic heterocycles. The maximum Gasteiger partial charge on any atom is 0.338 e. The first-order valence-electron chi connectivity index (χ1n) is 9.08. The summed E-state index contributed by atoms with van der Waals surface area (Å²) in [4.78, 5) is 16.6. The highest BCUT2D eigenvalue weighted by molar-refractivity contribution is 5.99. The van der Waals surface area contributed by atoms with E-state index in [-0.39, 0.29) is 12.1 Å². The molecule has 0 aliphatic rings. The second kappa shape index (κ2) is 8.08. The molecule has 0 atom stereocenters. The SMILES string of the molecule is CCOC(=O)c1ccc2nc(C)cc(Nc3ccc(OC(C)C)cc3)c2c1. The van der Waals surface area contributed by atoms with Crippen molar-refractivity contribution in [2.75, 3.05) is 11.9 Å². The van der Waals surface area contributed by atoms with Gasteiger partial charge in [-0.2, -0.15) is 0 Å². The van der Waals surface area contributed by atoms with E-state index in [1.165, 1.54) is 0 Å². The number of hydrogen-bond donors (Lipinski definition) is 1. The van der Waals surface area contributed by atoms with Crippen molar-refractivity contribution in [1.82, 2.24) is 4.98 Å². The number of fused-ring (bicyclic) bond motifs is 1. The number of pyridine rings is 1. The van der Waals surface area contributed by atoms with Crippen LogP contribution in [0.15, 0.2) is 48.5 Å². The molecule has 0 radical (unpaired) electrons. The Balaban J connectivity index is 1.94. The Bertz CT molecular complexity index is 950. The van der Waals surface area contributed by atoms with Crippen molar-refractivity contribution in [3.8, 4) is 5.75 Å². The van der Waals surface area contributed by atoms with Gasteiger partial charge in [0, 0.05) is 22.5 Å². The normalized spacial score (nSPS) is 10.9. The van der Waals surface area contributed by atoms with E-state index in [4.69, 9.17) is 9.47 Å². The summed E-state index contributed by atoms with van der Waals surface area (Å²) < 4.78 is 10.8. The molecule has 0 saturated carbocycles. The van der Waals surface area contributed by atoms with Gasteiger partial charge in [0.1, 0.15) is 5.75 Å². The minimum absolute atomic E-state index is 0.136. The summed E-state index contributed by atoms with van der Waals surface area (Å²) in [5, 5.41) is 4.29. The molecule has 1 aromatic heterocycles. The monoisotopic (exact) mass is 364 g/mol. The van der Waals surface area contributed by atoms with E-state index in [0.717, 1.165) is 33.7 Å². The summed E-state index contributed by atoms with van der Waals surface area (Å²) in [6.45, 7) is 8.09. The number of nitrogens with one attached hydrogen (secondary N) is 1. The van der Waals surface area contributed by atoms with Crippen molar-refractivity contribution in [2.24, 2.45) is 0 Å². The van der Waals surface area contributed by atoms with Crippen LogP contribution in [-0.2, 0) is 4.74 Å². The zero-order valence-electron chi connectivity index (χ0n) is 16.1. The van der Waals surface area contributed by atoms with Crippen LogP contribution in [0, 0.1) is 6.92 Å². The lowest BCUT2D eigenvalue weighted by atomic mass is 10.1. The van der Waals surface area contributed by atoms with Gasteiger partial charge in [-0.25, -0.2) is 4.79 Å². The topological polar surface area (TPSA) is 60.5 Å². The largest absolute Gasteiger partial charge is 0.491 e. The number of carbonyl (C=O) groups is 1. The zero-order chi connectivity index (χ0) is 19.4. The number of aromatic nitrogens is 1. The third-order valence-electron chi connectivity index (χ3n) is 3.95. The van der Waals surface area contributed by atoms with Crippen LogP contribution < -0.4 is 10.1 Å². The molecule has 5 heteroatoms. The van der Waals surface area contributed by atoms with Crippen LogP contribution in [0.4, 0.5) is 11.4 Å². The van der Waals surface area contributed by atoms with Crippen LogP contribution in [-0.4, -0.2) is 23.7 Å². The Hall–Kier alpha value is -3.08. The third-order valence-corrected chi connectivity index (χ3v) is 3.95. The maximum absolute atomic E-state index is 12.1. The predicted octanol–water partition coefficient (Wildman–Crippen LogP) is 5.25. The Morgan fingerprint density at radius 1 is 1.11 bits per heavy atom. The molecule has 0 fully saturated rings. The minimum atomic E-state index is -0.332. The first-order valence-corrected chi connectivity index (χ1v) is 9.08. The van der Waals surface area contributed by atoms with Gasteiger partial charge in [-0.05, 0) is 76.2 Å². The molecule has 5 nitrogen and oxygen atoms in total. The highest BCUT2D eigenvalue weighted by atomic mass is 16.5. The van der Waals surface area contributed by atoms with Gasteiger partial charge in [0.2, 0.25) is 0 Å². The summed E-state index contributed by atoms with van der Waals surface area (Å²) in [6.07, 6.45) is 0.136. The number of carbonyl (C=O) groups excluding carboxylic acids is 1. The van der Waals surface area contributed by atoms with Gasteiger partial charge in [0.05, 0.1) is 23.8 Å².